The second-order valence-corrected chi connectivity index (χ2v) is 4.43. The molecule has 15 heavy (non-hydrogen) atoms. The Labute approximate surface area is 93.8 Å². The molecule has 0 aliphatic rings. The van der Waals surface area contributed by atoms with Gasteiger partial charge in [0.25, 0.3) is 0 Å². The number of thiazole rings is 1. The molecule has 0 radical (unpaired) electrons. The molecule has 2 nitrogen and oxygen atoms in total. The maximum Gasteiger partial charge on any atom is 0.123 e. The number of aryl methyl sites for hydroxylation is 2. The second kappa shape index (κ2) is 4.03. The molecule has 2 rings (SSSR count). The largest absolute Gasteiger partial charge is 0.398 e. The van der Waals surface area contributed by atoms with E-state index in [9.17, 15) is 0 Å². The van der Waals surface area contributed by atoms with E-state index in [0.717, 1.165) is 33.9 Å². The molecular weight excluding hydrogens is 204 g/mol. The van der Waals surface area contributed by atoms with Gasteiger partial charge in [-0.2, -0.15) is 0 Å². The van der Waals surface area contributed by atoms with Crippen LogP contribution in [-0.4, -0.2) is 4.98 Å². The van der Waals surface area contributed by atoms with Crippen molar-refractivity contribution < 1.29 is 0 Å². The number of nitrogens with two attached hydrogens (primary N) is 1. The second-order valence-electron chi connectivity index (χ2n) is 3.57. The first-order valence-corrected chi connectivity index (χ1v) is 5.89. The first-order chi connectivity index (χ1) is 7.20. The highest BCUT2D eigenvalue weighted by atomic mass is 32.1. The van der Waals surface area contributed by atoms with Gasteiger partial charge in [0.2, 0.25) is 0 Å². The standard InChI is InChI=1S/C12H14N2S/c1-3-10-7-15-12(14-10)9-5-4-8(2)11(13)6-9/h4-7H,3,13H2,1-2H3. The van der Waals surface area contributed by atoms with Crippen molar-refractivity contribution >= 4 is 17.0 Å². The van der Waals surface area contributed by atoms with Gasteiger partial charge in [-0.25, -0.2) is 4.98 Å². The van der Waals surface area contributed by atoms with E-state index >= 15 is 0 Å². The maximum absolute atomic E-state index is 5.87. The molecule has 0 aliphatic heterocycles. The molecule has 0 spiro atoms. The average Bonchev–Trinajstić information content (AvgIpc) is 2.70. The molecule has 78 valence electrons. The van der Waals surface area contributed by atoms with Crippen LogP contribution in [0, 0.1) is 6.92 Å². The first-order valence-electron chi connectivity index (χ1n) is 5.01. The highest BCUT2D eigenvalue weighted by molar-refractivity contribution is 7.13. The Kier molecular flexibility index (Phi) is 2.73. The van der Waals surface area contributed by atoms with Gasteiger partial charge >= 0.3 is 0 Å². The molecule has 3 heteroatoms. The lowest BCUT2D eigenvalue weighted by Gasteiger charge is -2.01. The van der Waals surface area contributed by atoms with E-state index in [0.29, 0.717) is 0 Å². The summed E-state index contributed by atoms with van der Waals surface area (Å²) in [5.41, 5.74) is 10.1. The zero-order valence-corrected chi connectivity index (χ0v) is 9.77. The summed E-state index contributed by atoms with van der Waals surface area (Å²) in [4.78, 5) is 4.53. The quantitative estimate of drug-likeness (QED) is 0.786. The molecule has 0 saturated heterocycles. The molecule has 0 atom stereocenters. The molecule has 1 aromatic carbocycles. The Morgan fingerprint density at radius 2 is 2.20 bits per heavy atom. The summed E-state index contributed by atoms with van der Waals surface area (Å²) < 4.78 is 0. The van der Waals surface area contributed by atoms with Crippen LogP contribution in [0.4, 0.5) is 5.69 Å². The summed E-state index contributed by atoms with van der Waals surface area (Å²) in [5.74, 6) is 0. The Morgan fingerprint density at radius 3 is 2.80 bits per heavy atom. The molecule has 0 aliphatic carbocycles. The predicted octanol–water partition coefficient (Wildman–Crippen LogP) is 3.26. The molecule has 0 unspecified atom stereocenters. The SMILES string of the molecule is CCc1csc(-c2ccc(C)c(N)c2)n1. The summed E-state index contributed by atoms with van der Waals surface area (Å²) in [6.45, 7) is 4.13. The molecule has 0 amide bonds. The molecule has 0 fully saturated rings. The van der Waals surface area contributed by atoms with E-state index in [1.807, 2.05) is 19.1 Å². The molecule has 1 heterocycles. The topological polar surface area (TPSA) is 38.9 Å². The fourth-order valence-corrected chi connectivity index (χ4v) is 2.28. The van der Waals surface area contributed by atoms with E-state index in [-0.39, 0.29) is 0 Å². The number of aromatic nitrogens is 1. The highest BCUT2D eigenvalue weighted by Gasteiger charge is 2.04. The van der Waals surface area contributed by atoms with Crippen molar-refractivity contribution in [3.8, 4) is 10.6 Å². The minimum Gasteiger partial charge on any atom is -0.398 e. The smallest absolute Gasteiger partial charge is 0.123 e. The zero-order chi connectivity index (χ0) is 10.8. The first kappa shape index (κ1) is 10.2. The van der Waals surface area contributed by atoms with Gasteiger partial charge in [-0.1, -0.05) is 19.1 Å². The van der Waals surface area contributed by atoms with Crippen LogP contribution in [0.5, 0.6) is 0 Å². The number of nitrogens with zero attached hydrogens (tertiary/aromatic N) is 1. The van der Waals surface area contributed by atoms with Gasteiger partial charge in [-0.15, -0.1) is 11.3 Å². The van der Waals surface area contributed by atoms with Crippen LogP contribution in [0.1, 0.15) is 18.2 Å². The number of hydrogen-bond acceptors (Lipinski definition) is 3. The van der Waals surface area contributed by atoms with Crippen LogP contribution in [0.15, 0.2) is 23.6 Å². The van der Waals surface area contributed by atoms with E-state index in [1.165, 1.54) is 0 Å². The molecule has 2 aromatic rings. The normalized spacial score (nSPS) is 10.5. The number of benzene rings is 1. The van der Waals surface area contributed by atoms with Crippen LogP contribution < -0.4 is 5.73 Å². The minimum absolute atomic E-state index is 0.834. The number of nitrogen functional groups attached to an aromatic ring is 1. The summed E-state index contributed by atoms with van der Waals surface area (Å²) in [5, 5.41) is 3.16. The monoisotopic (exact) mass is 218 g/mol. The molecule has 0 bridgehead atoms. The van der Waals surface area contributed by atoms with Gasteiger partial charge in [0, 0.05) is 16.6 Å². The molecule has 1 aromatic heterocycles. The summed E-state index contributed by atoms with van der Waals surface area (Å²) in [6, 6.07) is 6.11. The number of rotatable bonds is 2. The zero-order valence-electron chi connectivity index (χ0n) is 8.95. The number of anilines is 1. The molecular formula is C12H14N2S. The van der Waals surface area contributed by atoms with Crippen molar-refractivity contribution in [3.05, 3.63) is 34.8 Å². The Hall–Kier alpha value is -1.35. The maximum atomic E-state index is 5.87. The van der Waals surface area contributed by atoms with E-state index in [1.54, 1.807) is 11.3 Å². The van der Waals surface area contributed by atoms with Crippen molar-refractivity contribution in [2.75, 3.05) is 5.73 Å². The third-order valence-electron chi connectivity index (χ3n) is 2.44. The highest BCUT2D eigenvalue weighted by Crippen LogP contribution is 2.26. The lowest BCUT2D eigenvalue weighted by molar-refractivity contribution is 1.07. The van der Waals surface area contributed by atoms with E-state index < -0.39 is 0 Å². The fourth-order valence-electron chi connectivity index (χ4n) is 1.38. The Bertz CT molecular complexity index is 474. The summed E-state index contributed by atoms with van der Waals surface area (Å²) in [7, 11) is 0. The van der Waals surface area contributed by atoms with Crippen LogP contribution >= 0.6 is 11.3 Å². The van der Waals surface area contributed by atoms with Gasteiger partial charge in [0.1, 0.15) is 5.01 Å². The number of hydrogen-bond donors (Lipinski definition) is 1. The minimum atomic E-state index is 0.834. The molecule has 2 N–H and O–H groups in total. The van der Waals surface area contributed by atoms with Crippen molar-refractivity contribution in [1.82, 2.24) is 4.98 Å². The van der Waals surface area contributed by atoms with Gasteiger partial charge in [-0.3, -0.25) is 0 Å². The predicted molar refractivity (Wildman–Crippen MR) is 66.1 cm³/mol. The molecule has 0 saturated carbocycles. The van der Waals surface area contributed by atoms with Gasteiger partial charge < -0.3 is 5.73 Å². The van der Waals surface area contributed by atoms with Crippen LogP contribution in [0.3, 0.4) is 0 Å². The summed E-state index contributed by atoms with van der Waals surface area (Å²) in [6.07, 6.45) is 0.984. The lowest BCUT2D eigenvalue weighted by atomic mass is 10.1. The van der Waals surface area contributed by atoms with Crippen LogP contribution in [0.2, 0.25) is 0 Å². The third kappa shape index (κ3) is 2.02. The van der Waals surface area contributed by atoms with Gasteiger partial charge in [-0.05, 0) is 25.0 Å². The Balaban J connectivity index is 2.40. The summed E-state index contributed by atoms with van der Waals surface area (Å²) >= 11 is 1.68. The van der Waals surface area contributed by atoms with Crippen LogP contribution in [-0.2, 0) is 6.42 Å². The third-order valence-corrected chi connectivity index (χ3v) is 3.38. The Morgan fingerprint density at radius 1 is 1.40 bits per heavy atom. The van der Waals surface area contributed by atoms with Crippen LogP contribution in [0.25, 0.3) is 10.6 Å². The fraction of sp³-hybridized carbons (Fsp3) is 0.250. The van der Waals surface area contributed by atoms with Crippen molar-refractivity contribution in [2.45, 2.75) is 20.3 Å². The van der Waals surface area contributed by atoms with Gasteiger partial charge in [0.15, 0.2) is 0 Å². The van der Waals surface area contributed by atoms with Crippen molar-refractivity contribution in [3.63, 3.8) is 0 Å². The van der Waals surface area contributed by atoms with Crippen molar-refractivity contribution in [1.29, 1.82) is 0 Å². The average molecular weight is 218 g/mol. The van der Waals surface area contributed by atoms with Crippen molar-refractivity contribution in [2.24, 2.45) is 0 Å². The van der Waals surface area contributed by atoms with E-state index in [2.05, 4.69) is 23.4 Å². The van der Waals surface area contributed by atoms with Gasteiger partial charge in [0.05, 0.1) is 5.69 Å². The van der Waals surface area contributed by atoms with E-state index in [4.69, 9.17) is 5.73 Å². The lowest BCUT2D eigenvalue weighted by Crippen LogP contribution is -1.89.